The molecule has 0 fully saturated rings. The van der Waals surface area contributed by atoms with Gasteiger partial charge < -0.3 is 5.32 Å². The molecule has 1 amide bonds. The van der Waals surface area contributed by atoms with E-state index in [0.29, 0.717) is 4.47 Å². The molecule has 0 bridgehead atoms. The molecule has 0 unspecified atom stereocenters. The molecule has 0 aliphatic carbocycles. The predicted octanol–water partition coefficient (Wildman–Crippen LogP) is 4.78. The summed E-state index contributed by atoms with van der Waals surface area (Å²) in [5, 5.41) is 6.80. The van der Waals surface area contributed by atoms with Gasteiger partial charge in [-0.1, -0.05) is 0 Å². The van der Waals surface area contributed by atoms with Gasteiger partial charge in [0.1, 0.15) is 11.5 Å². The summed E-state index contributed by atoms with van der Waals surface area (Å²) in [6.07, 6.45) is 0. The minimum Gasteiger partial charge on any atom is -0.322 e. The van der Waals surface area contributed by atoms with Crippen LogP contribution in [0.15, 0.2) is 46.9 Å². The topological polar surface area (TPSA) is 46.9 Å². The lowest BCUT2D eigenvalue weighted by Gasteiger charge is -2.10. The molecule has 3 rings (SSSR count). The van der Waals surface area contributed by atoms with Gasteiger partial charge in [0.2, 0.25) is 0 Å². The molecule has 0 aliphatic heterocycles. The summed E-state index contributed by atoms with van der Waals surface area (Å²) in [6, 6.07) is 9.94. The van der Waals surface area contributed by atoms with Gasteiger partial charge in [0.25, 0.3) is 5.91 Å². The maximum atomic E-state index is 14.4. The number of benzene rings is 2. The van der Waals surface area contributed by atoms with Gasteiger partial charge in [0.05, 0.1) is 11.3 Å². The van der Waals surface area contributed by atoms with Crippen molar-refractivity contribution in [2.45, 2.75) is 13.8 Å². The zero-order valence-electron chi connectivity index (χ0n) is 13.5. The van der Waals surface area contributed by atoms with Crippen LogP contribution in [0.5, 0.6) is 0 Å². The molecular formula is C18H14BrF2N3O. The number of hydrogen-bond acceptors (Lipinski definition) is 2. The fourth-order valence-electron chi connectivity index (χ4n) is 2.50. The fourth-order valence-corrected chi connectivity index (χ4v) is 2.93. The number of aromatic nitrogens is 2. The van der Waals surface area contributed by atoms with Crippen LogP contribution < -0.4 is 5.32 Å². The Morgan fingerprint density at radius 2 is 1.88 bits per heavy atom. The molecule has 7 heteroatoms. The second-order valence-electron chi connectivity index (χ2n) is 5.58. The Bertz CT molecular complexity index is 969. The lowest BCUT2D eigenvalue weighted by atomic mass is 10.2. The normalized spacial score (nSPS) is 10.8. The van der Waals surface area contributed by atoms with E-state index in [1.807, 2.05) is 19.9 Å². The van der Waals surface area contributed by atoms with E-state index in [1.54, 1.807) is 6.07 Å². The number of amides is 1. The van der Waals surface area contributed by atoms with Crippen molar-refractivity contribution in [2.75, 3.05) is 5.32 Å². The van der Waals surface area contributed by atoms with E-state index in [9.17, 15) is 13.6 Å². The van der Waals surface area contributed by atoms with Crippen LogP contribution in [0.25, 0.3) is 5.69 Å². The van der Waals surface area contributed by atoms with Gasteiger partial charge in [-0.25, -0.2) is 13.5 Å². The van der Waals surface area contributed by atoms with Crippen molar-refractivity contribution in [2.24, 2.45) is 0 Å². The smallest absolute Gasteiger partial charge is 0.256 e. The zero-order valence-corrected chi connectivity index (χ0v) is 15.1. The Morgan fingerprint density at radius 1 is 1.12 bits per heavy atom. The number of nitrogens with zero attached hydrogens (tertiary/aromatic N) is 2. The third-order valence-corrected chi connectivity index (χ3v) is 4.31. The van der Waals surface area contributed by atoms with Crippen molar-refractivity contribution in [1.82, 2.24) is 9.78 Å². The Balaban J connectivity index is 1.87. The molecule has 4 nitrogen and oxygen atoms in total. The van der Waals surface area contributed by atoms with E-state index in [0.717, 1.165) is 17.5 Å². The third-order valence-electron chi connectivity index (χ3n) is 3.62. The van der Waals surface area contributed by atoms with Gasteiger partial charge in [0.15, 0.2) is 5.82 Å². The second kappa shape index (κ2) is 6.76. The average Bonchev–Trinajstić information content (AvgIpc) is 2.88. The first-order chi connectivity index (χ1) is 11.8. The largest absolute Gasteiger partial charge is 0.322 e. The van der Waals surface area contributed by atoms with E-state index < -0.39 is 17.5 Å². The number of halogens is 3. The number of aryl methyl sites for hydroxylation is 2. The first-order valence-electron chi connectivity index (χ1n) is 7.45. The van der Waals surface area contributed by atoms with Gasteiger partial charge >= 0.3 is 0 Å². The highest BCUT2D eigenvalue weighted by molar-refractivity contribution is 9.10. The van der Waals surface area contributed by atoms with Crippen LogP contribution in [0.2, 0.25) is 0 Å². The van der Waals surface area contributed by atoms with E-state index >= 15 is 0 Å². The summed E-state index contributed by atoms with van der Waals surface area (Å²) in [4.78, 5) is 12.3. The lowest BCUT2D eigenvalue weighted by molar-refractivity contribution is 0.102. The SMILES string of the molecule is Cc1cc(C)n(-c2ccc(NC(=O)c3cc(F)ccc3Br)cc2F)n1. The van der Waals surface area contributed by atoms with Crippen molar-refractivity contribution in [3.05, 3.63) is 75.5 Å². The number of anilines is 1. The van der Waals surface area contributed by atoms with E-state index in [1.165, 1.54) is 28.9 Å². The van der Waals surface area contributed by atoms with Crippen LogP contribution in [-0.4, -0.2) is 15.7 Å². The fraction of sp³-hybridized carbons (Fsp3) is 0.111. The van der Waals surface area contributed by atoms with E-state index in [2.05, 4.69) is 26.3 Å². The Morgan fingerprint density at radius 3 is 2.52 bits per heavy atom. The van der Waals surface area contributed by atoms with Crippen LogP contribution in [0, 0.1) is 25.5 Å². The minimum absolute atomic E-state index is 0.128. The molecule has 0 spiro atoms. The lowest BCUT2D eigenvalue weighted by Crippen LogP contribution is -2.13. The first kappa shape index (κ1) is 17.3. The number of carbonyl (C=O) groups is 1. The predicted molar refractivity (Wildman–Crippen MR) is 95.0 cm³/mol. The summed E-state index contributed by atoms with van der Waals surface area (Å²) in [7, 11) is 0. The van der Waals surface area contributed by atoms with E-state index in [-0.39, 0.29) is 16.9 Å². The molecule has 25 heavy (non-hydrogen) atoms. The van der Waals surface area contributed by atoms with Crippen molar-refractivity contribution in [3.63, 3.8) is 0 Å². The number of nitrogens with one attached hydrogen (secondary N) is 1. The number of rotatable bonds is 3. The van der Waals surface area contributed by atoms with Crippen molar-refractivity contribution in [1.29, 1.82) is 0 Å². The summed E-state index contributed by atoms with van der Waals surface area (Å²) in [6.45, 7) is 3.66. The maximum absolute atomic E-state index is 14.4. The standard InChI is InChI=1S/C18H14BrF2N3O/c1-10-7-11(2)24(23-10)17-6-4-13(9-16(17)21)22-18(25)14-8-12(20)3-5-15(14)19/h3-9H,1-2H3,(H,22,25). The van der Waals surface area contributed by atoms with E-state index in [4.69, 9.17) is 0 Å². The quantitative estimate of drug-likeness (QED) is 0.681. The van der Waals surface area contributed by atoms with Gasteiger partial charge in [-0.3, -0.25) is 4.79 Å². The molecular weight excluding hydrogens is 392 g/mol. The third kappa shape index (κ3) is 3.61. The van der Waals surface area contributed by atoms with Crippen LogP contribution in [0.1, 0.15) is 21.7 Å². The molecule has 1 N–H and O–H groups in total. The molecule has 0 atom stereocenters. The monoisotopic (exact) mass is 405 g/mol. The summed E-state index contributed by atoms with van der Waals surface area (Å²) in [5.74, 6) is -1.59. The van der Waals surface area contributed by atoms with Gasteiger partial charge in [0, 0.05) is 15.9 Å². The molecule has 3 aromatic rings. The molecule has 2 aromatic carbocycles. The van der Waals surface area contributed by atoms with Crippen LogP contribution >= 0.6 is 15.9 Å². The Kier molecular flexibility index (Phi) is 4.67. The van der Waals surface area contributed by atoms with Crippen molar-refractivity contribution < 1.29 is 13.6 Å². The number of hydrogen-bond donors (Lipinski definition) is 1. The minimum atomic E-state index is -0.537. The molecule has 0 aliphatic rings. The number of carbonyl (C=O) groups excluding carboxylic acids is 1. The molecule has 1 aromatic heterocycles. The molecule has 128 valence electrons. The highest BCUT2D eigenvalue weighted by atomic mass is 79.9. The Labute approximate surface area is 151 Å². The molecule has 1 heterocycles. The van der Waals surface area contributed by atoms with Crippen LogP contribution in [-0.2, 0) is 0 Å². The zero-order chi connectivity index (χ0) is 18.1. The summed E-state index contributed by atoms with van der Waals surface area (Å²) in [5.41, 5.74) is 2.27. The molecule has 0 radical (unpaired) electrons. The molecule has 0 saturated heterocycles. The van der Waals surface area contributed by atoms with Crippen molar-refractivity contribution >= 4 is 27.5 Å². The summed E-state index contributed by atoms with van der Waals surface area (Å²) >= 11 is 3.20. The molecule has 0 saturated carbocycles. The second-order valence-corrected chi connectivity index (χ2v) is 6.44. The van der Waals surface area contributed by atoms with Crippen molar-refractivity contribution in [3.8, 4) is 5.69 Å². The highest BCUT2D eigenvalue weighted by Gasteiger charge is 2.14. The van der Waals surface area contributed by atoms with Gasteiger partial charge in [-0.15, -0.1) is 0 Å². The van der Waals surface area contributed by atoms with Crippen LogP contribution in [0.4, 0.5) is 14.5 Å². The average molecular weight is 406 g/mol. The van der Waals surface area contributed by atoms with Gasteiger partial charge in [-0.2, -0.15) is 5.10 Å². The first-order valence-corrected chi connectivity index (χ1v) is 8.24. The summed E-state index contributed by atoms with van der Waals surface area (Å²) < 4.78 is 29.7. The Hall–Kier alpha value is -2.54. The van der Waals surface area contributed by atoms with Gasteiger partial charge in [-0.05, 0) is 72.2 Å². The highest BCUT2D eigenvalue weighted by Crippen LogP contribution is 2.22. The maximum Gasteiger partial charge on any atom is 0.256 e. The van der Waals surface area contributed by atoms with Crippen LogP contribution in [0.3, 0.4) is 0 Å².